The SMILES string of the molecule is CC(C)N1CCN(c2ccc([C@@H](C)O)cc2[N+](=O)[O-])CC1. The van der Waals surface area contributed by atoms with Crippen molar-refractivity contribution in [2.45, 2.75) is 32.9 Å². The molecule has 6 nitrogen and oxygen atoms in total. The molecule has 0 amide bonds. The Hall–Kier alpha value is -1.66. The minimum absolute atomic E-state index is 0.0754. The summed E-state index contributed by atoms with van der Waals surface area (Å²) < 4.78 is 0. The second-order valence-corrected chi connectivity index (χ2v) is 5.80. The molecule has 1 atom stereocenters. The Morgan fingerprint density at radius 1 is 1.19 bits per heavy atom. The highest BCUT2D eigenvalue weighted by molar-refractivity contribution is 5.64. The van der Waals surface area contributed by atoms with Crippen molar-refractivity contribution in [2.75, 3.05) is 31.1 Å². The van der Waals surface area contributed by atoms with Gasteiger partial charge in [0, 0.05) is 38.3 Å². The van der Waals surface area contributed by atoms with Crippen molar-refractivity contribution in [1.82, 2.24) is 4.90 Å². The van der Waals surface area contributed by atoms with Gasteiger partial charge < -0.3 is 10.0 Å². The van der Waals surface area contributed by atoms with Gasteiger partial charge in [-0.25, -0.2) is 0 Å². The summed E-state index contributed by atoms with van der Waals surface area (Å²) in [4.78, 5) is 15.4. The first-order valence-corrected chi connectivity index (χ1v) is 7.35. The molecule has 0 radical (unpaired) electrons. The third-order valence-electron chi connectivity index (χ3n) is 4.06. The van der Waals surface area contributed by atoms with E-state index in [2.05, 4.69) is 23.6 Å². The van der Waals surface area contributed by atoms with Crippen molar-refractivity contribution in [2.24, 2.45) is 0 Å². The van der Waals surface area contributed by atoms with Gasteiger partial charge in [0.15, 0.2) is 0 Å². The molecular weight excluding hydrogens is 270 g/mol. The van der Waals surface area contributed by atoms with Crippen LogP contribution in [0.2, 0.25) is 0 Å². The van der Waals surface area contributed by atoms with E-state index < -0.39 is 6.10 Å². The minimum atomic E-state index is -0.699. The van der Waals surface area contributed by atoms with E-state index in [1.807, 2.05) is 0 Å². The second-order valence-electron chi connectivity index (χ2n) is 5.80. The standard InChI is InChI=1S/C15H23N3O3/c1-11(2)16-6-8-17(9-7-16)14-5-4-13(12(3)19)10-15(14)18(20)21/h4-5,10-12,19H,6-9H2,1-3H3/t12-/m1/s1. The van der Waals surface area contributed by atoms with E-state index in [1.165, 1.54) is 6.07 Å². The largest absolute Gasteiger partial charge is 0.389 e. The average Bonchev–Trinajstić information content (AvgIpc) is 2.46. The molecule has 116 valence electrons. The zero-order valence-electron chi connectivity index (χ0n) is 12.8. The first-order chi connectivity index (χ1) is 9.90. The number of benzene rings is 1. The van der Waals surface area contributed by atoms with Crippen molar-refractivity contribution in [3.63, 3.8) is 0 Å². The van der Waals surface area contributed by atoms with Gasteiger partial charge in [0.1, 0.15) is 5.69 Å². The van der Waals surface area contributed by atoms with E-state index >= 15 is 0 Å². The van der Waals surface area contributed by atoms with E-state index in [9.17, 15) is 15.2 Å². The highest BCUT2D eigenvalue weighted by Crippen LogP contribution is 2.31. The lowest BCUT2D eigenvalue weighted by Gasteiger charge is -2.37. The zero-order chi connectivity index (χ0) is 15.6. The molecule has 6 heteroatoms. The fourth-order valence-corrected chi connectivity index (χ4v) is 2.69. The number of hydrogen-bond acceptors (Lipinski definition) is 5. The molecule has 0 aliphatic carbocycles. The number of hydrogen-bond donors (Lipinski definition) is 1. The van der Waals surface area contributed by atoms with E-state index in [0.29, 0.717) is 17.3 Å². The summed E-state index contributed by atoms with van der Waals surface area (Å²) in [6.45, 7) is 9.32. The Morgan fingerprint density at radius 2 is 1.81 bits per heavy atom. The number of aliphatic hydroxyl groups is 1. The maximum absolute atomic E-state index is 11.3. The van der Waals surface area contributed by atoms with Gasteiger partial charge in [0.2, 0.25) is 0 Å². The van der Waals surface area contributed by atoms with E-state index in [4.69, 9.17) is 0 Å². The molecule has 0 unspecified atom stereocenters. The van der Waals surface area contributed by atoms with Crippen LogP contribution in [0.1, 0.15) is 32.4 Å². The highest BCUT2D eigenvalue weighted by atomic mass is 16.6. The van der Waals surface area contributed by atoms with Gasteiger partial charge in [-0.05, 0) is 32.4 Å². The lowest BCUT2D eigenvalue weighted by molar-refractivity contribution is -0.384. The lowest BCUT2D eigenvalue weighted by Crippen LogP contribution is -2.49. The number of nitrogens with zero attached hydrogens (tertiary/aromatic N) is 3. The molecule has 21 heavy (non-hydrogen) atoms. The van der Waals surface area contributed by atoms with Crippen LogP contribution in [0.5, 0.6) is 0 Å². The van der Waals surface area contributed by atoms with Crippen LogP contribution in [0.3, 0.4) is 0 Å². The number of aliphatic hydroxyl groups excluding tert-OH is 1. The monoisotopic (exact) mass is 293 g/mol. The normalized spacial score (nSPS) is 18.0. The Bertz CT molecular complexity index is 509. The molecule has 1 aromatic rings. The Labute approximate surface area is 125 Å². The lowest BCUT2D eigenvalue weighted by atomic mass is 10.1. The summed E-state index contributed by atoms with van der Waals surface area (Å²) in [5.41, 5.74) is 1.30. The summed E-state index contributed by atoms with van der Waals surface area (Å²) in [5, 5.41) is 20.9. The predicted octanol–water partition coefficient (Wildman–Crippen LogP) is 2.18. The zero-order valence-corrected chi connectivity index (χ0v) is 12.8. The third-order valence-corrected chi connectivity index (χ3v) is 4.06. The molecule has 1 fully saturated rings. The summed E-state index contributed by atoms with van der Waals surface area (Å²) in [7, 11) is 0. The van der Waals surface area contributed by atoms with Gasteiger partial charge in [0.05, 0.1) is 11.0 Å². The summed E-state index contributed by atoms with van der Waals surface area (Å²) in [6.07, 6.45) is -0.699. The quantitative estimate of drug-likeness (QED) is 0.680. The Kier molecular flexibility index (Phi) is 4.80. The van der Waals surface area contributed by atoms with Crippen LogP contribution in [0, 0.1) is 10.1 Å². The molecule has 0 aromatic heterocycles. The van der Waals surface area contributed by atoms with Gasteiger partial charge in [-0.2, -0.15) is 0 Å². The smallest absolute Gasteiger partial charge is 0.292 e. The molecule has 0 bridgehead atoms. The van der Waals surface area contributed by atoms with Crippen molar-refractivity contribution < 1.29 is 10.0 Å². The van der Waals surface area contributed by atoms with E-state index in [0.717, 1.165) is 26.2 Å². The maximum Gasteiger partial charge on any atom is 0.292 e. The van der Waals surface area contributed by atoms with Gasteiger partial charge in [-0.15, -0.1) is 0 Å². The molecule has 0 spiro atoms. The molecule has 2 rings (SSSR count). The van der Waals surface area contributed by atoms with Crippen LogP contribution in [-0.2, 0) is 0 Å². The number of rotatable bonds is 4. The van der Waals surface area contributed by atoms with Gasteiger partial charge >= 0.3 is 0 Å². The van der Waals surface area contributed by atoms with E-state index in [1.54, 1.807) is 19.1 Å². The maximum atomic E-state index is 11.3. The van der Waals surface area contributed by atoms with Crippen molar-refractivity contribution in [1.29, 1.82) is 0 Å². The average molecular weight is 293 g/mol. The van der Waals surface area contributed by atoms with Gasteiger partial charge in [-0.1, -0.05) is 6.07 Å². The van der Waals surface area contributed by atoms with Crippen LogP contribution < -0.4 is 4.90 Å². The van der Waals surface area contributed by atoms with Crippen molar-refractivity contribution in [3.05, 3.63) is 33.9 Å². The molecule has 1 heterocycles. The molecule has 1 aliphatic rings. The molecular formula is C15H23N3O3. The van der Waals surface area contributed by atoms with Crippen molar-refractivity contribution >= 4 is 11.4 Å². The number of nitro benzene ring substituents is 1. The summed E-state index contributed by atoms with van der Waals surface area (Å²) >= 11 is 0. The number of nitro groups is 1. The van der Waals surface area contributed by atoms with E-state index in [-0.39, 0.29) is 10.6 Å². The second kappa shape index (κ2) is 6.41. The van der Waals surface area contributed by atoms with Gasteiger partial charge in [-0.3, -0.25) is 15.0 Å². The van der Waals surface area contributed by atoms with Crippen LogP contribution in [0.25, 0.3) is 0 Å². The minimum Gasteiger partial charge on any atom is -0.389 e. The number of anilines is 1. The topological polar surface area (TPSA) is 69.8 Å². The van der Waals surface area contributed by atoms with Crippen LogP contribution in [0.15, 0.2) is 18.2 Å². The number of piperazine rings is 1. The Morgan fingerprint density at radius 3 is 2.29 bits per heavy atom. The summed E-state index contributed by atoms with van der Waals surface area (Å²) in [5.74, 6) is 0. The fraction of sp³-hybridized carbons (Fsp3) is 0.600. The van der Waals surface area contributed by atoms with Crippen LogP contribution >= 0.6 is 0 Å². The van der Waals surface area contributed by atoms with Crippen molar-refractivity contribution in [3.8, 4) is 0 Å². The van der Waals surface area contributed by atoms with Crippen LogP contribution in [0.4, 0.5) is 11.4 Å². The molecule has 1 aromatic carbocycles. The Balaban J connectivity index is 2.22. The molecule has 1 N–H and O–H groups in total. The molecule has 1 aliphatic heterocycles. The highest BCUT2D eigenvalue weighted by Gasteiger charge is 2.25. The molecule has 0 saturated carbocycles. The first-order valence-electron chi connectivity index (χ1n) is 7.35. The van der Waals surface area contributed by atoms with Crippen LogP contribution in [-0.4, -0.2) is 47.2 Å². The van der Waals surface area contributed by atoms with Gasteiger partial charge in [0.25, 0.3) is 5.69 Å². The third kappa shape index (κ3) is 3.51. The first kappa shape index (κ1) is 15.7. The fourth-order valence-electron chi connectivity index (χ4n) is 2.69. The predicted molar refractivity (Wildman–Crippen MR) is 82.7 cm³/mol. The molecule has 1 saturated heterocycles. The summed E-state index contributed by atoms with van der Waals surface area (Å²) in [6, 6.07) is 5.50.